The number of nitrogens with two attached hydrogens (primary N) is 3. The lowest BCUT2D eigenvalue weighted by molar-refractivity contribution is 0.0600. The molecule has 7 N–H and O–H groups in total. The maximum Gasteiger partial charge on any atom is 0.405 e. The van der Waals surface area contributed by atoms with E-state index in [2.05, 4.69) is 157 Å². The Morgan fingerprint density at radius 3 is 1.46 bits per heavy atom. The third-order valence-corrected chi connectivity index (χ3v) is 9.46. The van der Waals surface area contributed by atoms with Crippen molar-refractivity contribution in [1.29, 1.82) is 5.41 Å². The summed E-state index contributed by atoms with van der Waals surface area (Å²) in [6, 6.07) is 0. The Bertz CT molecular complexity index is 1480. The molecule has 8 heteroatoms. The van der Waals surface area contributed by atoms with Gasteiger partial charge in [0.15, 0.2) is 0 Å². The maximum absolute atomic E-state index is 10.0. The van der Waals surface area contributed by atoms with Crippen LogP contribution in [-0.4, -0.2) is 30.2 Å². The molecule has 0 aromatic heterocycles. The number of nitrogen functional groups attached to an aromatic ring is 1. The van der Waals surface area contributed by atoms with Crippen molar-refractivity contribution >= 4 is 35.8 Å². The van der Waals surface area contributed by atoms with E-state index in [1.807, 2.05) is 20.8 Å². The number of ether oxygens (including phenoxy) is 1. The van der Waals surface area contributed by atoms with Crippen molar-refractivity contribution < 1.29 is 9.53 Å². The summed E-state index contributed by atoms with van der Waals surface area (Å²) in [7, 11) is 1.50. The summed E-state index contributed by atoms with van der Waals surface area (Å²) in [5.74, 6) is 1.88. The average molecular weight is 842 g/mol. The molecule has 0 fully saturated rings. The second kappa shape index (κ2) is 38.6. The highest BCUT2D eigenvalue weighted by atomic mass is 32.1. The number of amides is 1. The van der Waals surface area contributed by atoms with Crippen LogP contribution in [0.3, 0.4) is 0 Å². The molecule has 1 rings (SSSR count). The first-order chi connectivity index (χ1) is 27.4. The number of nitrogens with zero attached hydrogens (tertiary/aromatic N) is 1. The number of thiol groups is 1. The third kappa shape index (κ3) is 28.5. The summed E-state index contributed by atoms with van der Waals surface area (Å²) in [6.45, 7) is 55.4. The van der Waals surface area contributed by atoms with E-state index in [0.717, 1.165) is 69.4 Å². The first kappa shape index (κ1) is 67.2. The fraction of sp³-hybridized carbons (Fsp3) is 0.588. The van der Waals surface area contributed by atoms with Crippen molar-refractivity contribution in [3.05, 3.63) is 99.7 Å². The van der Waals surface area contributed by atoms with Crippen molar-refractivity contribution in [2.75, 3.05) is 12.8 Å². The van der Waals surface area contributed by atoms with E-state index in [-0.39, 0.29) is 0 Å². The maximum atomic E-state index is 10.0. The summed E-state index contributed by atoms with van der Waals surface area (Å²) >= 11 is 4.27. The van der Waals surface area contributed by atoms with Crippen LogP contribution in [0, 0.1) is 24.2 Å². The van der Waals surface area contributed by atoms with Crippen molar-refractivity contribution in [2.45, 2.75) is 182 Å². The Morgan fingerprint density at radius 2 is 1.20 bits per heavy atom. The molecule has 7 nitrogen and oxygen atoms in total. The molecule has 1 aromatic carbocycles. The highest BCUT2D eigenvalue weighted by molar-refractivity contribution is 7.84. The fourth-order valence-corrected chi connectivity index (χ4v) is 5.69. The molecule has 0 heterocycles. The highest BCUT2D eigenvalue weighted by Crippen LogP contribution is 2.36. The van der Waals surface area contributed by atoms with Gasteiger partial charge in [-0.1, -0.05) is 111 Å². The molecule has 1 aromatic rings. The molecule has 0 bridgehead atoms. The van der Waals surface area contributed by atoms with Crippen LogP contribution in [0.4, 0.5) is 10.5 Å². The molecule has 0 saturated heterocycles. The summed E-state index contributed by atoms with van der Waals surface area (Å²) in [5, 5.41) is 9.87. The van der Waals surface area contributed by atoms with Crippen LogP contribution in [0.15, 0.2) is 76.9 Å². The van der Waals surface area contributed by atoms with Crippen molar-refractivity contribution in [3.8, 4) is 0 Å². The monoisotopic (exact) mass is 842 g/mol. The lowest BCUT2D eigenvalue weighted by atomic mass is 9.80. The third-order valence-electron chi connectivity index (χ3n) is 9.36. The predicted octanol–water partition coefficient (Wildman–Crippen LogP) is 15.3. The van der Waals surface area contributed by atoms with Crippen LogP contribution in [0.5, 0.6) is 0 Å². The molecule has 0 aliphatic carbocycles. The van der Waals surface area contributed by atoms with Gasteiger partial charge in [0.05, 0.1) is 10.7 Å². The SMILES string of the molecule is C=C.C=C.C=C(S)/N=C(/C)c1c(C)c(N)c(C(=N)/C(C(C)=C(C)C)=C(C)\C(C)=C/C)c(CC)c1CC.CC(C)(C)OC(N)=O.CCC.CCC(C)CCC(C)CC.CN. The lowest BCUT2D eigenvalue weighted by Gasteiger charge is -2.25. The van der Waals surface area contributed by atoms with E-state index in [1.54, 1.807) is 20.8 Å². The molecule has 0 aliphatic rings. The first-order valence-corrected chi connectivity index (χ1v) is 21.8. The molecule has 1 amide bonds. The number of benzene rings is 1. The topological polar surface area (TPSA) is 141 Å². The quantitative estimate of drug-likeness (QED) is 0.0443. The number of hydrogen-bond donors (Lipinski definition) is 5. The Kier molecular flexibility index (Phi) is 43.9. The van der Waals surface area contributed by atoms with Gasteiger partial charge in [0.25, 0.3) is 0 Å². The minimum atomic E-state index is -0.725. The van der Waals surface area contributed by atoms with Crippen LogP contribution in [0.25, 0.3) is 0 Å². The van der Waals surface area contributed by atoms with E-state index in [9.17, 15) is 10.2 Å². The Labute approximate surface area is 372 Å². The number of hydrogen-bond acceptors (Lipinski definition) is 7. The smallest absolute Gasteiger partial charge is 0.405 e. The fourth-order valence-electron chi connectivity index (χ4n) is 5.54. The van der Waals surface area contributed by atoms with Gasteiger partial charge in [-0.15, -0.1) is 38.9 Å². The van der Waals surface area contributed by atoms with Crippen LogP contribution >= 0.6 is 12.6 Å². The zero-order valence-corrected chi connectivity index (χ0v) is 43.1. The lowest BCUT2D eigenvalue weighted by Crippen LogP contribution is -2.27. The number of carbonyl (C=O) groups is 1. The van der Waals surface area contributed by atoms with Crippen LogP contribution < -0.4 is 17.2 Å². The van der Waals surface area contributed by atoms with Gasteiger partial charge in [0.1, 0.15) is 5.60 Å². The highest BCUT2D eigenvalue weighted by Gasteiger charge is 2.26. The standard InChI is InChI=1S/C28H41N3S.C10H22.C5H11NO2.C3H8.2C2H4.CH5N/c1-12-16(6)18(8)24(17(7)15(4)5)28(30)26-23(14-3)22(13-2)25(19(9)27(26)29)20(10)31-21(11)32;1-5-9(3)7-8-10(4)6-2;1-5(2,3)8-4(6)7;1-3-2;3*1-2/h12,30,32H,11,13-14,29H2,1-10H3;9-10H,5-8H2,1-4H3;1-3H3,(H2,6,7);3H2,1-2H3;2*1-2H2;2H2,1H3/b16-12-,24-18-,30-28?,31-20-;;;;;;. The Hall–Kier alpha value is -3.62. The second-order valence-corrected chi connectivity index (χ2v) is 15.9. The van der Waals surface area contributed by atoms with E-state index >= 15 is 0 Å². The van der Waals surface area contributed by atoms with Gasteiger partial charge in [-0.2, -0.15) is 0 Å². The summed E-state index contributed by atoms with van der Waals surface area (Å²) in [4.78, 5) is 14.5. The normalized spacial score (nSPS) is 12.0. The first-order valence-electron chi connectivity index (χ1n) is 21.4. The number of anilines is 1. The van der Waals surface area contributed by atoms with Crippen LogP contribution in [0.2, 0.25) is 0 Å². The molecular formula is C51H95N5O2S. The van der Waals surface area contributed by atoms with E-state index in [0.29, 0.717) is 16.4 Å². The molecule has 0 radical (unpaired) electrons. The van der Waals surface area contributed by atoms with E-state index in [1.165, 1.54) is 55.9 Å². The number of primary amides is 1. The van der Waals surface area contributed by atoms with Gasteiger partial charge in [-0.05, 0) is 136 Å². The predicted molar refractivity (Wildman–Crippen MR) is 275 cm³/mol. The Balaban J connectivity index is -0.000000211. The number of nitrogens with one attached hydrogen (secondary N) is 1. The van der Waals surface area contributed by atoms with Gasteiger partial charge in [0, 0.05) is 28.1 Å². The van der Waals surface area contributed by atoms with Gasteiger partial charge in [-0.3, -0.25) is 5.41 Å². The number of aliphatic imine (C=N–C) groups is 1. The largest absolute Gasteiger partial charge is 0.444 e. The number of rotatable bonds is 13. The molecular weight excluding hydrogens is 747 g/mol. The molecule has 2 atom stereocenters. The molecule has 0 aliphatic heterocycles. The molecule has 0 spiro atoms. The molecule has 0 saturated carbocycles. The van der Waals surface area contributed by atoms with Crippen LogP contribution in [0.1, 0.15) is 185 Å². The average Bonchev–Trinajstić information content (AvgIpc) is 3.18. The molecule has 59 heavy (non-hydrogen) atoms. The van der Waals surface area contributed by atoms with Crippen LogP contribution in [-0.2, 0) is 17.6 Å². The number of carbonyl (C=O) groups excluding carboxylic acids is 1. The van der Waals surface area contributed by atoms with Crippen molar-refractivity contribution in [2.24, 2.45) is 28.3 Å². The molecule has 342 valence electrons. The summed E-state index contributed by atoms with van der Waals surface area (Å²) in [5.41, 5.74) is 28.3. The Morgan fingerprint density at radius 1 is 0.831 bits per heavy atom. The zero-order valence-electron chi connectivity index (χ0n) is 42.2. The van der Waals surface area contributed by atoms with Crippen molar-refractivity contribution in [1.82, 2.24) is 0 Å². The van der Waals surface area contributed by atoms with Gasteiger partial charge in [0.2, 0.25) is 0 Å². The minimum Gasteiger partial charge on any atom is -0.444 e. The summed E-state index contributed by atoms with van der Waals surface area (Å²) in [6.07, 6.45) is 9.78. The number of allylic oxidation sites excluding steroid dienone is 6. The van der Waals surface area contributed by atoms with Gasteiger partial charge < -0.3 is 21.9 Å². The van der Waals surface area contributed by atoms with Gasteiger partial charge in [-0.25, -0.2) is 9.79 Å². The summed E-state index contributed by atoms with van der Waals surface area (Å²) < 4.78 is 4.58. The van der Waals surface area contributed by atoms with E-state index in [4.69, 9.17) is 11.5 Å². The van der Waals surface area contributed by atoms with E-state index < -0.39 is 11.7 Å². The van der Waals surface area contributed by atoms with Crippen molar-refractivity contribution in [3.63, 3.8) is 0 Å². The zero-order chi connectivity index (χ0) is 48.4. The second-order valence-electron chi connectivity index (χ2n) is 15.4. The van der Waals surface area contributed by atoms with Gasteiger partial charge >= 0.3 is 6.09 Å². The minimum absolute atomic E-state index is 0.453. The molecule has 2 unspecified atom stereocenters.